The van der Waals surface area contributed by atoms with Gasteiger partial charge < -0.3 is 20.3 Å². The number of aliphatic hydroxyl groups is 1. The number of carboxylic acid groups (broad SMARTS) is 1. The number of rotatable bonds is 4. The molecule has 5 nitrogen and oxygen atoms in total. The molecule has 0 radical (unpaired) electrons. The van der Waals surface area contributed by atoms with Gasteiger partial charge in [0.15, 0.2) is 0 Å². The Morgan fingerprint density at radius 1 is 1.21 bits per heavy atom. The SMILES string of the molecule is COc1ccc(C[C@@H]2NCCC3=C2CCCC3)cc1.O=C(O)CO. The molecule has 1 aliphatic carbocycles. The van der Waals surface area contributed by atoms with Crippen molar-refractivity contribution in [1.29, 1.82) is 0 Å². The van der Waals surface area contributed by atoms with Crippen LogP contribution in [-0.4, -0.2) is 42.5 Å². The van der Waals surface area contributed by atoms with E-state index in [0.717, 1.165) is 18.7 Å². The second-order valence-corrected chi connectivity index (χ2v) is 6.20. The zero-order valence-electron chi connectivity index (χ0n) is 14.3. The highest BCUT2D eigenvalue weighted by molar-refractivity contribution is 5.67. The van der Waals surface area contributed by atoms with E-state index in [9.17, 15) is 0 Å². The Balaban J connectivity index is 0.000000368. The number of hydrogen-bond donors (Lipinski definition) is 3. The second-order valence-electron chi connectivity index (χ2n) is 6.20. The van der Waals surface area contributed by atoms with Crippen molar-refractivity contribution < 1.29 is 19.7 Å². The monoisotopic (exact) mass is 333 g/mol. The van der Waals surface area contributed by atoms with Gasteiger partial charge in [0.25, 0.3) is 0 Å². The van der Waals surface area contributed by atoms with Crippen molar-refractivity contribution in [3.8, 4) is 5.75 Å². The lowest BCUT2D eigenvalue weighted by molar-refractivity contribution is -0.140. The standard InChI is InChI=1S/C17H23NO.C2H4O3/c1-19-15-8-6-13(7-9-15)12-17-16-5-3-2-4-14(16)10-11-18-17;3-1-2(4)5/h6-9,17-18H,2-5,10-12H2,1H3;3H,1H2,(H,4,5)/t17-;/m0./s1. The highest BCUT2D eigenvalue weighted by Crippen LogP contribution is 2.32. The molecule has 0 fully saturated rings. The van der Waals surface area contributed by atoms with Crippen LogP contribution >= 0.6 is 0 Å². The van der Waals surface area contributed by atoms with E-state index in [2.05, 4.69) is 29.6 Å². The summed E-state index contributed by atoms with van der Waals surface area (Å²) in [5.74, 6) is -0.247. The summed E-state index contributed by atoms with van der Waals surface area (Å²) in [5.41, 5.74) is 4.87. The minimum atomic E-state index is -1.19. The Labute approximate surface area is 143 Å². The fourth-order valence-electron chi connectivity index (χ4n) is 3.41. The molecule has 1 atom stereocenters. The largest absolute Gasteiger partial charge is 0.497 e. The third-order valence-electron chi connectivity index (χ3n) is 4.60. The van der Waals surface area contributed by atoms with E-state index < -0.39 is 12.6 Å². The smallest absolute Gasteiger partial charge is 0.329 e. The number of aliphatic carboxylic acids is 1. The van der Waals surface area contributed by atoms with E-state index in [1.165, 1.54) is 37.7 Å². The van der Waals surface area contributed by atoms with Gasteiger partial charge in [-0.15, -0.1) is 0 Å². The number of aliphatic hydroxyl groups excluding tert-OH is 1. The number of benzene rings is 1. The summed E-state index contributed by atoms with van der Waals surface area (Å²) >= 11 is 0. The number of hydrogen-bond acceptors (Lipinski definition) is 4. The third kappa shape index (κ3) is 5.35. The Hall–Kier alpha value is -1.85. The second kappa shape index (κ2) is 9.45. The first-order valence-electron chi connectivity index (χ1n) is 8.53. The molecule has 1 aromatic carbocycles. The molecule has 0 spiro atoms. The van der Waals surface area contributed by atoms with Crippen molar-refractivity contribution in [1.82, 2.24) is 5.32 Å². The summed E-state index contributed by atoms with van der Waals surface area (Å²) < 4.78 is 5.22. The lowest BCUT2D eigenvalue weighted by Crippen LogP contribution is -2.39. The van der Waals surface area contributed by atoms with Crippen LogP contribution in [0.15, 0.2) is 35.4 Å². The van der Waals surface area contributed by atoms with Gasteiger partial charge in [-0.3, -0.25) is 0 Å². The van der Waals surface area contributed by atoms with Crippen molar-refractivity contribution >= 4 is 5.97 Å². The molecule has 0 aromatic heterocycles. The van der Waals surface area contributed by atoms with Gasteiger partial charge in [0, 0.05) is 6.04 Å². The van der Waals surface area contributed by atoms with Gasteiger partial charge in [0.1, 0.15) is 12.4 Å². The molecule has 1 aromatic rings. The molecule has 5 heteroatoms. The summed E-state index contributed by atoms with van der Waals surface area (Å²) in [6.45, 7) is 0.375. The van der Waals surface area contributed by atoms with E-state index in [1.54, 1.807) is 18.3 Å². The van der Waals surface area contributed by atoms with Crippen LogP contribution in [0.1, 0.15) is 37.7 Å². The summed E-state index contributed by atoms with van der Waals surface area (Å²) in [6, 6.07) is 9.08. The summed E-state index contributed by atoms with van der Waals surface area (Å²) in [4.78, 5) is 9.12. The molecule has 3 N–H and O–H groups in total. The zero-order valence-corrected chi connectivity index (χ0v) is 14.3. The van der Waals surface area contributed by atoms with Crippen molar-refractivity contribution in [2.45, 2.75) is 44.6 Å². The maximum absolute atomic E-state index is 9.12. The molecule has 0 bridgehead atoms. The number of methoxy groups -OCH3 is 1. The third-order valence-corrected chi connectivity index (χ3v) is 4.60. The minimum Gasteiger partial charge on any atom is -0.497 e. The fourth-order valence-corrected chi connectivity index (χ4v) is 3.41. The van der Waals surface area contributed by atoms with Gasteiger partial charge in [0.2, 0.25) is 0 Å². The highest BCUT2D eigenvalue weighted by Gasteiger charge is 2.24. The fraction of sp³-hybridized carbons (Fsp3) is 0.526. The maximum Gasteiger partial charge on any atom is 0.329 e. The van der Waals surface area contributed by atoms with Gasteiger partial charge in [-0.05, 0) is 62.8 Å². The van der Waals surface area contributed by atoms with Crippen molar-refractivity contribution in [2.24, 2.45) is 0 Å². The van der Waals surface area contributed by atoms with E-state index in [1.807, 2.05) is 0 Å². The molecule has 0 saturated carbocycles. The zero-order chi connectivity index (χ0) is 17.4. The van der Waals surface area contributed by atoms with E-state index in [0.29, 0.717) is 6.04 Å². The Morgan fingerprint density at radius 2 is 1.88 bits per heavy atom. The molecule has 0 amide bonds. The number of carbonyl (C=O) groups is 1. The summed E-state index contributed by atoms with van der Waals surface area (Å²) in [7, 11) is 1.72. The maximum atomic E-state index is 9.12. The van der Waals surface area contributed by atoms with Gasteiger partial charge >= 0.3 is 5.97 Å². The first-order valence-corrected chi connectivity index (χ1v) is 8.53. The Kier molecular flexibility index (Phi) is 7.28. The molecule has 132 valence electrons. The average molecular weight is 333 g/mol. The predicted molar refractivity (Wildman–Crippen MR) is 93.3 cm³/mol. The van der Waals surface area contributed by atoms with Gasteiger partial charge in [0.05, 0.1) is 7.11 Å². The number of nitrogens with one attached hydrogen (secondary N) is 1. The molecule has 3 rings (SSSR count). The summed E-state index contributed by atoms with van der Waals surface area (Å²) in [6.07, 6.45) is 7.81. The average Bonchev–Trinajstić information content (AvgIpc) is 2.63. The van der Waals surface area contributed by atoms with Crippen LogP contribution in [-0.2, 0) is 11.2 Å². The Bertz CT molecular complexity index is 561. The Morgan fingerprint density at radius 3 is 2.50 bits per heavy atom. The molecule has 1 aliphatic heterocycles. The number of ether oxygens (including phenoxy) is 1. The molecular weight excluding hydrogens is 306 g/mol. The predicted octanol–water partition coefficient (Wildman–Crippen LogP) is 2.53. The van der Waals surface area contributed by atoms with Crippen molar-refractivity contribution in [3.05, 3.63) is 41.0 Å². The van der Waals surface area contributed by atoms with Crippen molar-refractivity contribution in [2.75, 3.05) is 20.3 Å². The van der Waals surface area contributed by atoms with Gasteiger partial charge in [-0.2, -0.15) is 0 Å². The molecular formula is C19H27NO4. The molecule has 0 saturated heterocycles. The normalized spacial score (nSPS) is 19.8. The minimum absolute atomic E-state index is 0.567. The van der Waals surface area contributed by atoms with Crippen LogP contribution in [0.4, 0.5) is 0 Å². The van der Waals surface area contributed by atoms with Crippen LogP contribution in [0.3, 0.4) is 0 Å². The highest BCUT2D eigenvalue weighted by atomic mass is 16.5. The van der Waals surface area contributed by atoms with Crippen LogP contribution in [0, 0.1) is 0 Å². The van der Waals surface area contributed by atoms with Crippen LogP contribution in [0.25, 0.3) is 0 Å². The first kappa shape index (κ1) is 18.5. The van der Waals surface area contributed by atoms with Gasteiger partial charge in [-0.25, -0.2) is 4.79 Å². The summed E-state index contributed by atoms with van der Waals surface area (Å²) in [5, 5.41) is 18.7. The van der Waals surface area contributed by atoms with E-state index in [4.69, 9.17) is 19.7 Å². The lowest BCUT2D eigenvalue weighted by Gasteiger charge is -2.33. The van der Waals surface area contributed by atoms with Crippen LogP contribution in [0.5, 0.6) is 5.75 Å². The molecule has 0 unspecified atom stereocenters. The van der Waals surface area contributed by atoms with Crippen LogP contribution < -0.4 is 10.1 Å². The van der Waals surface area contributed by atoms with E-state index >= 15 is 0 Å². The van der Waals surface area contributed by atoms with Crippen molar-refractivity contribution in [3.63, 3.8) is 0 Å². The van der Waals surface area contributed by atoms with Crippen LogP contribution in [0.2, 0.25) is 0 Å². The quantitative estimate of drug-likeness (QED) is 0.738. The molecule has 24 heavy (non-hydrogen) atoms. The number of carboxylic acids is 1. The van der Waals surface area contributed by atoms with Gasteiger partial charge in [-0.1, -0.05) is 23.3 Å². The topological polar surface area (TPSA) is 78.8 Å². The first-order chi connectivity index (χ1) is 11.6. The lowest BCUT2D eigenvalue weighted by atomic mass is 9.81. The molecule has 1 heterocycles. The van der Waals surface area contributed by atoms with E-state index in [-0.39, 0.29) is 0 Å². The molecule has 2 aliphatic rings.